The number of halogens is 1. The number of anilines is 1. The molecule has 3 rings (SSSR count). The summed E-state index contributed by atoms with van der Waals surface area (Å²) in [7, 11) is -4.14. The molecule has 0 radical (unpaired) electrons. The first-order chi connectivity index (χ1) is 18.2. The van der Waals surface area contributed by atoms with Crippen LogP contribution in [-0.2, 0) is 26.2 Å². The van der Waals surface area contributed by atoms with E-state index in [-0.39, 0.29) is 23.0 Å². The molecule has 0 aromatic heterocycles. The van der Waals surface area contributed by atoms with Gasteiger partial charge >= 0.3 is 0 Å². The number of hydrogen-bond acceptors (Lipinski definition) is 4. The van der Waals surface area contributed by atoms with Crippen LogP contribution in [0.1, 0.15) is 44.4 Å². The average molecular weight is 570 g/mol. The van der Waals surface area contributed by atoms with Gasteiger partial charge in [0.2, 0.25) is 11.8 Å². The van der Waals surface area contributed by atoms with Gasteiger partial charge in [-0.05, 0) is 76.9 Å². The first-order valence-electron chi connectivity index (χ1n) is 12.7. The molecule has 3 aromatic carbocycles. The summed E-state index contributed by atoms with van der Waals surface area (Å²) in [5.74, 6) is -0.858. The van der Waals surface area contributed by atoms with Gasteiger partial charge in [0.05, 0.1) is 10.6 Å². The van der Waals surface area contributed by atoms with Crippen molar-refractivity contribution in [3.8, 4) is 0 Å². The van der Waals surface area contributed by atoms with E-state index in [0.717, 1.165) is 21.0 Å². The van der Waals surface area contributed by atoms with E-state index in [9.17, 15) is 18.0 Å². The van der Waals surface area contributed by atoms with Gasteiger partial charge in [-0.25, -0.2) is 8.42 Å². The fourth-order valence-corrected chi connectivity index (χ4v) is 5.65. The van der Waals surface area contributed by atoms with Gasteiger partial charge in [-0.1, -0.05) is 65.7 Å². The van der Waals surface area contributed by atoms with Crippen LogP contribution in [0.3, 0.4) is 0 Å². The fourth-order valence-electron chi connectivity index (χ4n) is 4.05. The number of rotatable bonds is 9. The number of nitrogens with zero attached hydrogens (tertiary/aromatic N) is 2. The summed E-state index contributed by atoms with van der Waals surface area (Å²) < 4.78 is 28.7. The molecule has 0 spiro atoms. The molecule has 39 heavy (non-hydrogen) atoms. The maximum Gasteiger partial charge on any atom is 0.264 e. The summed E-state index contributed by atoms with van der Waals surface area (Å²) in [6, 6.07) is 19.6. The Labute approximate surface area is 236 Å². The third-order valence-electron chi connectivity index (χ3n) is 6.15. The van der Waals surface area contributed by atoms with E-state index >= 15 is 0 Å². The summed E-state index contributed by atoms with van der Waals surface area (Å²) in [6.45, 7) is 10.6. The Morgan fingerprint density at radius 1 is 0.949 bits per heavy atom. The summed E-state index contributed by atoms with van der Waals surface area (Å²) in [5.41, 5.74) is 2.36. The quantitative estimate of drug-likeness (QED) is 0.369. The van der Waals surface area contributed by atoms with Crippen molar-refractivity contribution in [3.05, 3.63) is 94.5 Å². The molecule has 7 nitrogen and oxygen atoms in total. The molecule has 0 unspecified atom stereocenters. The van der Waals surface area contributed by atoms with Crippen LogP contribution in [-0.4, -0.2) is 43.3 Å². The number of sulfonamides is 1. The molecule has 0 bridgehead atoms. The molecule has 208 valence electrons. The molecule has 1 N–H and O–H groups in total. The first kappa shape index (κ1) is 30.2. The third kappa shape index (κ3) is 7.83. The Balaban J connectivity index is 2.05. The van der Waals surface area contributed by atoms with E-state index in [1.54, 1.807) is 37.3 Å². The van der Waals surface area contributed by atoms with Crippen molar-refractivity contribution in [2.75, 3.05) is 10.8 Å². The molecule has 0 aliphatic heterocycles. The summed E-state index contributed by atoms with van der Waals surface area (Å²) >= 11 is 6.36. The Hall–Kier alpha value is -3.36. The number of nitrogens with one attached hydrogen (secondary N) is 1. The predicted octanol–water partition coefficient (Wildman–Crippen LogP) is 5.48. The second-order valence-electron chi connectivity index (χ2n) is 10.7. The van der Waals surface area contributed by atoms with Gasteiger partial charge < -0.3 is 10.2 Å². The Bertz CT molecular complexity index is 1440. The van der Waals surface area contributed by atoms with Crippen LogP contribution in [0.5, 0.6) is 0 Å². The summed E-state index contributed by atoms with van der Waals surface area (Å²) in [6.07, 6.45) is 0. The molecular weight excluding hydrogens is 534 g/mol. The average Bonchev–Trinajstić information content (AvgIpc) is 2.86. The van der Waals surface area contributed by atoms with Gasteiger partial charge in [0, 0.05) is 17.1 Å². The van der Waals surface area contributed by atoms with Crippen LogP contribution in [0, 0.1) is 13.8 Å². The highest BCUT2D eigenvalue weighted by Crippen LogP contribution is 2.28. The van der Waals surface area contributed by atoms with Gasteiger partial charge in [0.15, 0.2) is 0 Å². The zero-order valence-electron chi connectivity index (χ0n) is 23.2. The molecule has 0 fully saturated rings. The van der Waals surface area contributed by atoms with Crippen LogP contribution in [0.4, 0.5) is 5.69 Å². The maximum absolute atomic E-state index is 14.0. The SMILES string of the molecule is Cc1cccc(CN(C(=O)CN(c2ccc(C)c(Cl)c2)S(=O)(=O)c2ccccc2)[C@@H](C)C(=O)NC(C)(C)C)c1. The van der Waals surface area contributed by atoms with Gasteiger partial charge in [-0.2, -0.15) is 0 Å². The van der Waals surface area contributed by atoms with Crippen molar-refractivity contribution in [3.63, 3.8) is 0 Å². The number of hydrogen-bond donors (Lipinski definition) is 1. The van der Waals surface area contributed by atoms with Gasteiger partial charge in [-0.15, -0.1) is 0 Å². The second-order valence-corrected chi connectivity index (χ2v) is 13.0. The van der Waals surface area contributed by atoms with Gasteiger partial charge in [0.1, 0.15) is 12.6 Å². The lowest BCUT2D eigenvalue weighted by molar-refractivity contribution is -0.140. The Kier molecular flexibility index (Phi) is 9.46. The van der Waals surface area contributed by atoms with Crippen molar-refractivity contribution in [2.45, 2.75) is 64.6 Å². The standard InChI is InChI=1S/C30H36ClN3O4S/c1-21-11-10-12-24(17-21)19-33(23(3)29(36)32-30(4,5)6)28(35)20-34(25-16-15-22(2)27(31)18-25)39(37,38)26-13-8-7-9-14-26/h7-18,23H,19-20H2,1-6H3,(H,32,36)/t23-/m0/s1. The smallest absolute Gasteiger partial charge is 0.264 e. The monoisotopic (exact) mass is 569 g/mol. The van der Waals surface area contributed by atoms with E-state index in [1.807, 2.05) is 58.9 Å². The minimum absolute atomic E-state index is 0.0401. The van der Waals surface area contributed by atoms with E-state index < -0.39 is 34.1 Å². The molecule has 0 saturated carbocycles. The zero-order chi connectivity index (χ0) is 29.0. The highest BCUT2D eigenvalue weighted by Gasteiger charge is 2.33. The number of benzene rings is 3. The van der Waals surface area contributed by atoms with Crippen LogP contribution < -0.4 is 9.62 Å². The Morgan fingerprint density at radius 3 is 2.21 bits per heavy atom. The molecule has 0 heterocycles. The van der Waals surface area contributed by atoms with Crippen molar-refractivity contribution in [2.24, 2.45) is 0 Å². The van der Waals surface area contributed by atoms with Gasteiger partial charge in [-0.3, -0.25) is 13.9 Å². The van der Waals surface area contributed by atoms with E-state index in [4.69, 9.17) is 11.6 Å². The lowest BCUT2D eigenvalue weighted by atomic mass is 10.1. The van der Waals surface area contributed by atoms with E-state index in [1.165, 1.54) is 23.1 Å². The van der Waals surface area contributed by atoms with Crippen LogP contribution in [0.2, 0.25) is 5.02 Å². The molecule has 0 aliphatic carbocycles. The van der Waals surface area contributed by atoms with Gasteiger partial charge in [0.25, 0.3) is 10.0 Å². The van der Waals surface area contributed by atoms with E-state index in [0.29, 0.717) is 5.02 Å². The molecule has 0 aliphatic rings. The topological polar surface area (TPSA) is 86.8 Å². The molecule has 2 amide bonds. The second kappa shape index (κ2) is 12.2. The molecule has 3 aromatic rings. The number of amides is 2. The summed E-state index contributed by atoms with van der Waals surface area (Å²) in [5, 5.41) is 3.30. The minimum atomic E-state index is -4.14. The highest BCUT2D eigenvalue weighted by atomic mass is 35.5. The van der Waals surface area contributed by atoms with Crippen LogP contribution in [0.25, 0.3) is 0 Å². The normalized spacial score (nSPS) is 12.5. The van der Waals surface area contributed by atoms with Crippen molar-refractivity contribution < 1.29 is 18.0 Å². The lowest BCUT2D eigenvalue weighted by Crippen LogP contribution is -2.54. The zero-order valence-corrected chi connectivity index (χ0v) is 24.8. The number of carbonyl (C=O) groups is 2. The molecule has 0 saturated heterocycles. The number of carbonyl (C=O) groups excluding carboxylic acids is 2. The molecule has 1 atom stereocenters. The first-order valence-corrected chi connectivity index (χ1v) is 14.5. The Morgan fingerprint density at radius 2 is 1.62 bits per heavy atom. The lowest BCUT2D eigenvalue weighted by Gasteiger charge is -2.33. The molecule has 9 heteroatoms. The van der Waals surface area contributed by atoms with Crippen LogP contribution in [0.15, 0.2) is 77.7 Å². The van der Waals surface area contributed by atoms with Crippen molar-refractivity contribution >= 4 is 39.1 Å². The number of aryl methyl sites for hydroxylation is 2. The fraction of sp³-hybridized carbons (Fsp3) is 0.333. The third-order valence-corrected chi connectivity index (χ3v) is 8.35. The predicted molar refractivity (Wildman–Crippen MR) is 156 cm³/mol. The maximum atomic E-state index is 14.0. The van der Waals surface area contributed by atoms with Crippen molar-refractivity contribution in [1.29, 1.82) is 0 Å². The van der Waals surface area contributed by atoms with Crippen LogP contribution >= 0.6 is 11.6 Å². The van der Waals surface area contributed by atoms with Crippen molar-refractivity contribution in [1.82, 2.24) is 10.2 Å². The molecular formula is C30H36ClN3O4S. The van der Waals surface area contributed by atoms with E-state index in [2.05, 4.69) is 5.32 Å². The highest BCUT2D eigenvalue weighted by molar-refractivity contribution is 7.92. The largest absolute Gasteiger partial charge is 0.350 e. The summed E-state index contributed by atoms with van der Waals surface area (Å²) in [4.78, 5) is 28.6. The minimum Gasteiger partial charge on any atom is -0.350 e.